The Morgan fingerprint density at radius 1 is 1.04 bits per heavy atom. The summed E-state index contributed by atoms with van der Waals surface area (Å²) >= 11 is 0. The van der Waals surface area contributed by atoms with Gasteiger partial charge in [-0.15, -0.1) is 0 Å². The molecule has 0 radical (unpaired) electrons. The van der Waals surface area contributed by atoms with Crippen molar-refractivity contribution in [3.05, 3.63) is 59.7 Å². The highest BCUT2D eigenvalue weighted by atomic mass is 32.2. The van der Waals surface area contributed by atoms with Crippen LogP contribution in [0.25, 0.3) is 0 Å². The lowest BCUT2D eigenvalue weighted by Crippen LogP contribution is -2.13. The fourth-order valence-electron chi connectivity index (χ4n) is 2.19. The molecule has 0 atom stereocenters. The number of hydrogen-bond donors (Lipinski definition) is 2. The van der Waals surface area contributed by atoms with Crippen molar-refractivity contribution in [1.82, 2.24) is 5.43 Å². The summed E-state index contributed by atoms with van der Waals surface area (Å²) in [6, 6.07) is 13.4. The smallest absolute Gasteiger partial charge is 0.261 e. The zero-order chi connectivity index (χ0) is 16.4. The van der Waals surface area contributed by atoms with Gasteiger partial charge in [-0.3, -0.25) is 9.52 Å². The van der Waals surface area contributed by atoms with E-state index in [0.717, 1.165) is 11.1 Å². The first-order valence-corrected chi connectivity index (χ1v) is 8.48. The predicted molar refractivity (Wildman–Crippen MR) is 87.7 cm³/mol. The number of nitrogens with zero attached hydrogens (tertiary/aromatic N) is 1. The van der Waals surface area contributed by atoms with Crippen LogP contribution in [-0.2, 0) is 14.8 Å². The van der Waals surface area contributed by atoms with Crippen LogP contribution in [0.5, 0.6) is 0 Å². The van der Waals surface area contributed by atoms with Crippen molar-refractivity contribution >= 4 is 27.3 Å². The summed E-state index contributed by atoms with van der Waals surface area (Å²) in [5.41, 5.74) is 5.25. The molecular weight excluding hydrogens is 314 g/mol. The van der Waals surface area contributed by atoms with Crippen molar-refractivity contribution in [2.75, 3.05) is 4.72 Å². The molecule has 0 saturated heterocycles. The Morgan fingerprint density at radius 3 is 2.26 bits per heavy atom. The first-order valence-electron chi connectivity index (χ1n) is 6.99. The number of rotatable bonds is 4. The molecule has 1 aliphatic rings. The number of aryl methyl sites for hydroxylation is 1. The van der Waals surface area contributed by atoms with Crippen LogP contribution < -0.4 is 10.1 Å². The first kappa shape index (κ1) is 15.2. The van der Waals surface area contributed by atoms with E-state index < -0.39 is 10.0 Å². The number of hydrazone groups is 1. The molecule has 0 aliphatic carbocycles. The third-order valence-corrected chi connectivity index (χ3v) is 4.84. The third-order valence-electron chi connectivity index (χ3n) is 3.45. The van der Waals surface area contributed by atoms with Gasteiger partial charge in [-0.05, 0) is 36.8 Å². The summed E-state index contributed by atoms with van der Waals surface area (Å²) in [4.78, 5) is 11.4. The molecule has 0 bridgehead atoms. The van der Waals surface area contributed by atoms with Crippen LogP contribution in [0.1, 0.15) is 17.5 Å². The van der Waals surface area contributed by atoms with Gasteiger partial charge in [0.2, 0.25) is 5.91 Å². The first-order chi connectivity index (χ1) is 10.9. The summed E-state index contributed by atoms with van der Waals surface area (Å²) in [6.45, 7) is 1.90. The van der Waals surface area contributed by atoms with Crippen LogP contribution in [0.15, 0.2) is 58.5 Å². The second kappa shape index (κ2) is 5.85. The number of nitrogens with one attached hydrogen (secondary N) is 2. The van der Waals surface area contributed by atoms with Crippen molar-refractivity contribution in [3.63, 3.8) is 0 Å². The van der Waals surface area contributed by atoms with Crippen molar-refractivity contribution in [1.29, 1.82) is 0 Å². The lowest BCUT2D eigenvalue weighted by atomic mass is 10.1. The largest absolute Gasteiger partial charge is 0.280 e. The van der Waals surface area contributed by atoms with Crippen LogP contribution in [0.3, 0.4) is 0 Å². The molecule has 1 amide bonds. The molecule has 0 spiro atoms. The quantitative estimate of drug-likeness (QED) is 0.899. The van der Waals surface area contributed by atoms with Crippen molar-refractivity contribution < 1.29 is 13.2 Å². The molecule has 3 rings (SSSR count). The van der Waals surface area contributed by atoms with E-state index in [1.165, 1.54) is 0 Å². The maximum atomic E-state index is 12.3. The third kappa shape index (κ3) is 3.40. The Balaban J connectivity index is 1.78. The van der Waals surface area contributed by atoms with Crippen LogP contribution in [0.2, 0.25) is 0 Å². The zero-order valence-electron chi connectivity index (χ0n) is 12.4. The van der Waals surface area contributed by atoms with E-state index in [0.29, 0.717) is 11.4 Å². The number of hydrogen-bond acceptors (Lipinski definition) is 4. The second-order valence-electron chi connectivity index (χ2n) is 5.27. The van der Waals surface area contributed by atoms with E-state index in [9.17, 15) is 13.2 Å². The predicted octanol–water partition coefficient (Wildman–Crippen LogP) is 2.02. The summed E-state index contributed by atoms with van der Waals surface area (Å²) in [5, 5.41) is 3.93. The summed E-state index contributed by atoms with van der Waals surface area (Å²) < 4.78 is 27.1. The molecule has 2 aromatic rings. The topological polar surface area (TPSA) is 87.6 Å². The van der Waals surface area contributed by atoms with Gasteiger partial charge in [-0.25, -0.2) is 13.8 Å². The fraction of sp³-hybridized carbons (Fsp3) is 0.125. The molecule has 1 aliphatic heterocycles. The summed E-state index contributed by atoms with van der Waals surface area (Å²) in [6.07, 6.45) is 0.231. The highest BCUT2D eigenvalue weighted by Gasteiger charge is 2.17. The Labute approximate surface area is 134 Å². The van der Waals surface area contributed by atoms with Gasteiger partial charge in [0.25, 0.3) is 10.0 Å². The SMILES string of the molecule is Cc1ccc(S(=O)(=O)Nc2ccc(C3=NNC(=O)C3)cc2)cc1. The van der Waals surface area contributed by atoms with Gasteiger partial charge in [0.15, 0.2) is 0 Å². The Morgan fingerprint density at radius 2 is 1.70 bits per heavy atom. The average Bonchev–Trinajstić information content (AvgIpc) is 2.95. The molecule has 7 heteroatoms. The van der Waals surface area contributed by atoms with E-state index in [1.807, 2.05) is 6.92 Å². The number of amides is 1. The van der Waals surface area contributed by atoms with E-state index in [1.54, 1.807) is 48.5 Å². The van der Waals surface area contributed by atoms with E-state index >= 15 is 0 Å². The van der Waals surface area contributed by atoms with Crippen molar-refractivity contribution in [3.8, 4) is 0 Å². The minimum Gasteiger partial charge on any atom is -0.280 e. The van der Waals surface area contributed by atoms with Crippen LogP contribution in [0.4, 0.5) is 5.69 Å². The molecule has 0 aromatic heterocycles. The lowest BCUT2D eigenvalue weighted by Gasteiger charge is -2.09. The molecule has 0 saturated carbocycles. The second-order valence-corrected chi connectivity index (χ2v) is 6.95. The number of sulfonamides is 1. The Bertz CT molecular complexity index is 870. The monoisotopic (exact) mass is 329 g/mol. The fourth-order valence-corrected chi connectivity index (χ4v) is 3.25. The van der Waals surface area contributed by atoms with Gasteiger partial charge in [-0.1, -0.05) is 29.8 Å². The summed E-state index contributed by atoms with van der Waals surface area (Å²) in [7, 11) is -3.62. The molecule has 1 heterocycles. The van der Waals surface area contributed by atoms with Gasteiger partial charge in [-0.2, -0.15) is 5.10 Å². The van der Waals surface area contributed by atoms with E-state index in [2.05, 4.69) is 15.2 Å². The molecule has 2 N–H and O–H groups in total. The highest BCUT2D eigenvalue weighted by molar-refractivity contribution is 7.92. The standard InChI is InChI=1S/C16H15N3O3S/c1-11-2-8-14(9-3-11)23(21,22)19-13-6-4-12(5-7-13)15-10-16(20)18-17-15/h2-9,19H,10H2,1H3,(H,18,20). The number of carbonyl (C=O) groups excluding carboxylic acids is 1. The molecule has 6 nitrogen and oxygen atoms in total. The van der Waals surface area contributed by atoms with Gasteiger partial charge in [0.1, 0.15) is 0 Å². The van der Waals surface area contributed by atoms with Crippen molar-refractivity contribution in [2.24, 2.45) is 5.10 Å². The Kier molecular flexibility index (Phi) is 3.87. The van der Waals surface area contributed by atoms with Gasteiger partial charge >= 0.3 is 0 Å². The normalized spacial score (nSPS) is 14.3. The number of benzene rings is 2. The zero-order valence-corrected chi connectivity index (χ0v) is 13.2. The van der Waals surface area contributed by atoms with Crippen LogP contribution >= 0.6 is 0 Å². The maximum Gasteiger partial charge on any atom is 0.261 e. The minimum atomic E-state index is -3.62. The highest BCUT2D eigenvalue weighted by Crippen LogP contribution is 2.18. The number of carbonyl (C=O) groups is 1. The molecule has 0 unspecified atom stereocenters. The van der Waals surface area contributed by atoms with Gasteiger partial charge in [0, 0.05) is 5.69 Å². The van der Waals surface area contributed by atoms with Gasteiger partial charge in [0.05, 0.1) is 17.0 Å². The number of anilines is 1. The lowest BCUT2D eigenvalue weighted by molar-refractivity contribution is -0.119. The minimum absolute atomic E-state index is 0.149. The molecular formula is C16H15N3O3S. The van der Waals surface area contributed by atoms with Crippen LogP contribution in [0, 0.1) is 6.92 Å². The van der Waals surface area contributed by atoms with Gasteiger partial charge < -0.3 is 0 Å². The summed E-state index contributed by atoms with van der Waals surface area (Å²) in [5.74, 6) is -0.149. The molecule has 2 aromatic carbocycles. The van der Waals surface area contributed by atoms with E-state index in [4.69, 9.17) is 0 Å². The molecule has 118 valence electrons. The van der Waals surface area contributed by atoms with E-state index in [-0.39, 0.29) is 17.2 Å². The van der Waals surface area contributed by atoms with Crippen LogP contribution in [-0.4, -0.2) is 20.0 Å². The molecule has 0 fully saturated rings. The molecule has 23 heavy (non-hydrogen) atoms. The average molecular weight is 329 g/mol. The maximum absolute atomic E-state index is 12.3. The Hall–Kier alpha value is -2.67. The van der Waals surface area contributed by atoms with Crippen molar-refractivity contribution in [2.45, 2.75) is 18.2 Å².